The summed E-state index contributed by atoms with van der Waals surface area (Å²) in [6.07, 6.45) is 10.9. The summed E-state index contributed by atoms with van der Waals surface area (Å²) < 4.78 is 3.73. The van der Waals surface area contributed by atoms with Gasteiger partial charge in [0, 0.05) is 25.0 Å². The largest absolute Gasteiger partial charge is 0.301 e. The zero-order valence-corrected chi connectivity index (χ0v) is 15.1. The molecule has 1 unspecified atom stereocenters. The van der Waals surface area contributed by atoms with Crippen molar-refractivity contribution in [3.63, 3.8) is 0 Å². The Balaban J connectivity index is 0.000000287. The first-order valence-electron chi connectivity index (χ1n) is 7.85. The molecule has 1 aromatic rings. The Labute approximate surface area is 141 Å². The van der Waals surface area contributed by atoms with E-state index in [1.165, 1.54) is 50.1 Å². The Hall–Kier alpha value is -0.850. The second-order valence-corrected chi connectivity index (χ2v) is 7.20. The van der Waals surface area contributed by atoms with Crippen molar-refractivity contribution in [1.29, 1.82) is 0 Å². The number of hydrogen-bond acceptors (Lipinski definition) is 5. The molecule has 0 spiro atoms. The third-order valence-electron chi connectivity index (χ3n) is 3.42. The quantitative estimate of drug-likeness (QED) is 0.409. The normalized spacial score (nSPS) is 17.3. The van der Waals surface area contributed by atoms with Gasteiger partial charge in [0.25, 0.3) is 5.56 Å². The molecule has 0 aliphatic carbocycles. The highest BCUT2D eigenvalue weighted by atomic mass is 32.2. The number of carbonyl (C=O) groups excluding carboxylic acids is 1. The van der Waals surface area contributed by atoms with E-state index in [9.17, 15) is 9.59 Å². The van der Waals surface area contributed by atoms with Crippen molar-refractivity contribution in [2.75, 3.05) is 6.54 Å². The molecule has 1 aliphatic rings. The highest BCUT2D eigenvalue weighted by molar-refractivity contribution is 8.00. The Morgan fingerprint density at radius 1 is 1.23 bits per heavy atom. The van der Waals surface area contributed by atoms with Crippen LogP contribution in [0.4, 0.5) is 0 Å². The summed E-state index contributed by atoms with van der Waals surface area (Å²) in [5.74, 6) is 0. The van der Waals surface area contributed by atoms with E-state index >= 15 is 0 Å². The molecule has 0 saturated heterocycles. The number of nitrogens with zero attached hydrogens (tertiary/aromatic N) is 2. The number of aromatic nitrogens is 1. The zero-order chi connectivity index (χ0) is 16.2. The molecule has 2 heterocycles. The first-order valence-corrected chi connectivity index (χ1v) is 9.52. The second kappa shape index (κ2) is 11.7. The third kappa shape index (κ3) is 7.42. The fraction of sp³-hybridized carbons (Fsp3) is 0.625. The minimum atomic E-state index is 0.0191. The number of aldehydes is 1. The maximum Gasteiger partial charge on any atom is 0.260 e. The van der Waals surface area contributed by atoms with Crippen LogP contribution < -0.4 is 5.56 Å². The van der Waals surface area contributed by atoms with Gasteiger partial charge in [0.1, 0.15) is 6.29 Å². The first kappa shape index (κ1) is 19.2. The number of unbranched alkanes of at least 4 members (excludes halogenated alkanes) is 5. The van der Waals surface area contributed by atoms with Gasteiger partial charge in [-0.2, -0.15) is 0 Å². The van der Waals surface area contributed by atoms with Crippen molar-refractivity contribution in [2.24, 2.45) is 7.05 Å². The van der Waals surface area contributed by atoms with Crippen LogP contribution >= 0.6 is 23.5 Å². The molecule has 1 atom stereocenters. The molecule has 0 aromatic carbocycles. The maximum atomic E-state index is 10.7. The van der Waals surface area contributed by atoms with Crippen LogP contribution in [0.25, 0.3) is 0 Å². The van der Waals surface area contributed by atoms with Crippen molar-refractivity contribution in [2.45, 2.75) is 51.5 Å². The molecule has 0 radical (unpaired) electrons. The lowest BCUT2D eigenvalue weighted by molar-refractivity contribution is -0.109. The summed E-state index contributed by atoms with van der Waals surface area (Å²) in [5.41, 5.74) is 0.0741. The average Bonchev–Trinajstić information content (AvgIpc) is 3.13. The summed E-state index contributed by atoms with van der Waals surface area (Å²) in [5, 5.41) is 3.78. The summed E-state index contributed by atoms with van der Waals surface area (Å²) in [6, 6.07) is 1.57. The van der Waals surface area contributed by atoms with E-state index in [1.54, 1.807) is 34.4 Å². The second-order valence-electron chi connectivity index (χ2n) is 5.21. The third-order valence-corrected chi connectivity index (χ3v) is 5.15. The molecule has 0 N–H and O–H groups in total. The molecule has 0 saturated carbocycles. The maximum absolute atomic E-state index is 10.7. The Kier molecular flexibility index (Phi) is 10.2. The minimum Gasteiger partial charge on any atom is -0.301 e. The molecule has 4 nitrogen and oxygen atoms in total. The van der Waals surface area contributed by atoms with Gasteiger partial charge in [-0.05, 0) is 23.8 Å². The van der Waals surface area contributed by atoms with Gasteiger partial charge in [0.15, 0.2) is 0 Å². The lowest BCUT2D eigenvalue weighted by Crippen LogP contribution is -2.26. The van der Waals surface area contributed by atoms with E-state index in [0.717, 1.165) is 12.8 Å². The standard InChI is InChI=1S/C12H21NOS.C4H5NOS/c1-2-3-4-5-6-7-9-13-12(11-14)8-10-15-13;1-5-4(6)2-3-7-5/h8,10-12H,2-7,9H2,1H3;2-3H,1H3. The number of hydrogen-bond donors (Lipinski definition) is 0. The van der Waals surface area contributed by atoms with Crippen LogP contribution in [0.15, 0.2) is 27.7 Å². The molecule has 2 rings (SSSR count). The fourth-order valence-corrected chi connectivity index (χ4v) is 3.47. The van der Waals surface area contributed by atoms with Crippen LogP contribution in [-0.4, -0.2) is 27.1 Å². The van der Waals surface area contributed by atoms with Gasteiger partial charge in [-0.3, -0.25) is 8.75 Å². The summed E-state index contributed by atoms with van der Waals surface area (Å²) in [6.45, 7) is 3.27. The minimum absolute atomic E-state index is 0.0191. The SMILES string of the molecule is CCCCCCCCN1SC=CC1C=O.Cn1sccc1=O. The van der Waals surface area contributed by atoms with Gasteiger partial charge in [0.05, 0.1) is 6.04 Å². The molecular weight excluding hydrogens is 316 g/mol. The van der Waals surface area contributed by atoms with Crippen molar-refractivity contribution in [1.82, 2.24) is 8.26 Å². The Morgan fingerprint density at radius 2 is 1.95 bits per heavy atom. The van der Waals surface area contributed by atoms with E-state index < -0.39 is 0 Å². The van der Waals surface area contributed by atoms with Crippen LogP contribution in [0.2, 0.25) is 0 Å². The average molecular weight is 343 g/mol. The smallest absolute Gasteiger partial charge is 0.260 e. The van der Waals surface area contributed by atoms with Gasteiger partial charge >= 0.3 is 0 Å². The number of rotatable bonds is 8. The van der Waals surface area contributed by atoms with E-state index in [0.29, 0.717) is 0 Å². The number of aryl methyl sites for hydroxylation is 1. The van der Waals surface area contributed by atoms with Crippen LogP contribution in [0.3, 0.4) is 0 Å². The lowest BCUT2D eigenvalue weighted by Gasteiger charge is -2.17. The molecule has 1 aliphatic heterocycles. The predicted molar refractivity (Wildman–Crippen MR) is 96.2 cm³/mol. The topological polar surface area (TPSA) is 42.3 Å². The van der Waals surface area contributed by atoms with Crippen molar-refractivity contribution < 1.29 is 4.79 Å². The van der Waals surface area contributed by atoms with Gasteiger partial charge in [-0.25, -0.2) is 4.31 Å². The van der Waals surface area contributed by atoms with E-state index in [2.05, 4.69) is 11.2 Å². The van der Waals surface area contributed by atoms with Crippen molar-refractivity contribution in [3.05, 3.63) is 33.3 Å². The molecule has 0 amide bonds. The molecule has 0 bridgehead atoms. The fourth-order valence-electron chi connectivity index (χ4n) is 2.06. The van der Waals surface area contributed by atoms with E-state index in [4.69, 9.17) is 0 Å². The molecule has 22 heavy (non-hydrogen) atoms. The van der Waals surface area contributed by atoms with Crippen LogP contribution in [0.5, 0.6) is 0 Å². The highest BCUT2D eigenvalue weighted by Crippen LogP contribution is 2.23. The predicted octanol–water partition coefficient (Wildman–Crippen LogP) is 3.84. The van der Waals surface area contributed by atoms with Gasteiger partial charge in [-0.1, -0.05) is 56.6 Å². The first-order chi connectivity index (χ1) is 10.7. The van der Waals surface area contributed by atoms with Crippen LogP contribution in [-0.2, 0) is 11.8 Å². The van der Waals surface area contributed by atoms with E-state index in [-0.39, 0.29) is 11.6 Å². The molecule has 6 heteroatoms. The molecule has 0 fully saturated rings. The van der Waals surface area contributed by atoms with Crippen molar-refractivity contribution in [3.8, 4) is 0 Å². The van der Waals surface area contributed by atoms with Gasteiger partial charge < -0.3 is 4.79 Å². The molecule has 124 valence electrons. The molecular formula is C16H26N2O2S2. The summed E-state index contributed by atoms with van der Waals surface area (Å²) in [7, 11) is 1.74. The van der Waals surface area contributed by atoms with Crippen LogP contribution in [0, 0.1) is 0 Å². The summed E-state index contributed by atoms with van der Waals surface area (Å²) >= 11 is 3.07. The number of carbonyl (C=O) groups is 1. The zero-order valence-electron chi connectivity index (χ0n) is 13.4. The Morgan fingerprint density at radius 3 is 2.50 bits per heavy atom. The van der Waals surface area contributed by atoms with Crippen LogP contribution in [0.1, 0.15) is 45.4 Å². The summed E-state index contributed by atoms with van der Waals surface area (Å²) in [4.78, 5) is 21.1. The van der Waals surface area contributed by atoms with Crippen molar-refractivity contribution >= 4 is 29.8 Å². The van der Waals surface area contributed by atoms with Gasteiger partial charge in [0.2, 0.25) is 0 Å². The lowest BCUT2D eigenvalue weighted by atomic mass is 10.1. The monoisotopic (exact) mass is 342 g/mol. The van der Waals surface area contributed by atoms with Gasteiger partial charge in [-0.15, -0.1) is 0 Å². The highest BCUT2D eigenvalue weighted by Gasteiger charge is 2.18. The molecule has 1 aromatic heterocycles. The van der Waals surface area contributed by atoms with E-state index in [1.807, 2.05) is 11.5 Å². The Bertz CT molecular complexity index is 496.